The molecule has 2 N–H and O–H groups in total. The van der Waals surface area contributed by atoms with Gasteiger partial charge in [-0.15, -0.1) is 0 Å². The molecule has 4 rings (SSSR count). The number of carbonyl (C=O) groups excluding carboxylic acids is 1. The van der Waals surface area contributed by atoms with Gasteiger partial charge in [0.2, 0.25) is 0 Å². The van der Waals surface area contributed by atoms with Gasteiger partial charge in [-0.2, -0.15) is 13.2 Å². The Bertz CT molecular complexity index is 904. The molecule has 3 atom stereocenters. The van der Waals surface area contributed by atoms with Crippen molar-refractivity contribution in [1.29, 1.82) is 0 Å². The van der Waals surface area contributed by atoms with Crippen molar-refractivity contribution in [2.24, 2.45) is 0 Å². The molecule has 0 aromatic heterocycles. The van der Waals surface area contributed by atoms with Crippen molar-refractivity contribution >= 4 is 11.6 Å². The van der Waals surface area contributed by atoms with Gasteiger partial charge in [-0.05, 0) is 29.2 Å². The lowest BCUT2D eigenvalue weighted by Crippen LogP contribution is -2.56. The summed E-state index contributed by atoms with van der Waals surface area (Å²) in [7, 11) is 1.26. The predicted molar refractivity (Wildman–Crippen MR) is 102 cm³/mol. The number of hydrogen-bond acceptors (Lipinski definition) is 4. The van der Waals surface area contributed by atoms with E-state index in [0.717, 1.165) is 16.8 Å². The van der Waals surface area contributed by atoms with Gasteiger partial charge in [-0.3, -0.25) is 9.80 Å². The number of hydrazine groups is 1. The van der Waals surface area contributed by atoms with Crippen LogP contribution in [0.3, 0.4) is 0 Å². The Hall–Kier alpha value is -2.58. The number of anilines is 1. The number of hydrogen-bond donors (Lipinski definition) is 2. The van der Waals surface area contributed by atoms with E-state index >= 15 is 0 Å². The second kappa shape index (κ2) is 7.35. The molecular weight excluding hydrogens is 383 g/mol. The number of aliphatic hydroxyl groups is 1. The van der Waals surface area contributed by atoms with Crippen molar-refractivity contribution in [3.63, 3.8) is 0 Å². The summed E-state index contributed by atoms with van der Waals surface area (Å²) in [5, 5.41) is 11.4. The average molecular weight is 405 g/mol. The van der Waals surface area contributed by atoms with Crippen molar-refractivity contribution in [2.45, 2.75) is 37.2 Å². The Morgan fingerprint density at radius 2 is 1.93 bits per heavy atom. The number of aliphatic hydroxyl groups excluding tert-OH is 1. The van der Waals surface area contributed by atoms with Crippen molar-refractivity contribution in [1.82, 2.24) is 10.4 Å². The molecule has 2 aromatic carbocycles. The monoisotopic (exact) mass is 405 g/mol. The SMILES string of the molecule is CNN(C(=O)C(F)(F)F)C1CC2CN(Cc3ccccc3)c3cccc(c32)C1O. The quantitative estimate of drug-likeness (QED) is 0.768. The Morgan fingerprint density at radius 3 is 2.59 bits per heavy atom. The van der Waals surface area contributed by atoms with Crippen LogP contribution in [0.25, 0.3) is 0 Å². The highest BCUT2D eigenvalue weighted by Gasteiger charge is 2.49. The highest BCUT2D eigenvalue weighted by atomic mass is 19.4. The van der Waals surface area contributed by atoms with Gasteiger partial charge in [0.1, 0.15) is 6.10 Å². The van der Waals surface area contributed by atoms with Crippen LogP contribution in [0.5, 0.6) is 0 Å². The van der Waals surface area contributed by atoms with Crippen molar-refractivity contribution < 1.29 is 23.1 Å². The van der Waals surface area contributed by atoms with E-state index in [1.165, 1.54) is 7.05 Å². The molecule has 0 fully saturated rings. The number of carbonyl (C=O) groups is 1. The number of nitrogens with zero attached hydrogens (tertiary/aromatic N) is 2. The maximum atomic E-state index is 13.0. The van der Waals surface area contributed by atoms with Crippen LogP contribution in [0, 0.1) is 0 Å². The van der Waals surface area contributed by atoms with Gasteiger partial charge in [-0.1, -0.05) is 42.5 Å². The van der Waals surface area contributed by atoms with Crippen LogP contribution in [0.1, 0.15) is 35.1 Å². The Labute approximate surface area is 166 Å². The van der Waals surface area contributed by atoms with E-state index in [0.29, 0.717) is 23.7 Å². The second-order valence-electron chi connectivity index (χ2n) is 7.49. The Morgan fingerprint density at radius 1 is 1.21 bits per heavy atom. The van der Waals surface area contributed by atoms with Crippen molar-refractivity contribution in [3.8, 4) is 0 Å². The molecular formula is C21H22F3N3O2. The zero-order valence-corrected chi connectivity index (χ0v) is 15.9. The van der Waals surface area contributed by atoms with Crippen molar-refractivity contribution in [2.75, 3.05) is 18.5 Å². The molecule has 3 unspecified atom stereocenters. The molecule has 0 saturated carbocycles. The van der Waals surface area contributed by atoms with E-state index in [1.807, 2.05) is 36.4 Å². The molecule has 5 nitrogen and oxygen atoms in total. The summed E-state index contributed by atoms with van der Waals surface area (Å²) >= 11 is 0. The molecule has 2 aliphatic rings. The molecule has 2 aromatic rings. The normalized spacial score (nSPS) is 23.1. The van der Waals surface area contributed by atoms with E-state index < -0.39 is 24.2 Å². The Balaban J connectivity index is 1.65. The fraction of sp³-hybridized carbons (Fsp3) is 0.381. The van der Waals surface area contributed by atoms with Crippen LogP contribution in [0.4, 0.5) is 18.9 Å². The highest BCUT2D eigenvalue weighted by molar-refractivity contribution is 5.82. The molecule has 8 heteroatoms. The van der Waals surface area contributed by atoms with Crippen LogP contribution in [0.15, 0.2) is 48.5 Å². The zero-order valence-electron chi connectivity index (χ0n) is 15.9. The first-order chi connectivity index (χ1) is 13.8. The van der Waals surface area contributed by atoms with E-state index in [2.05, 4.69) is 10.3 Å². The van der Waals surface area contributed by atoms with Crippen molar-refractivity contribution in [3.05, 3.63) is 65.2 Å². The lowest BCUT2D eigenvalue weighted by molar-refractivity contribution is -0.194. The fourth-order valence-corrected chi connectivity index (χ4v) is 4.58. The van der Waals surface area contributed by atoms with E-state index in [-0.39, 0.29) is 12.3 Å². The van der Waals surface area contributed by atoms with E-state index in [1.54, 1.807) is 12.1 Å². The number of alkyl halides is 3. The largest absolute Gasteiger partial charge is 0.472 e. The van der Waals surface area contributed by atoms with Crippen LogP contribution < -0.4 is 10.3 Å². The molecule has 154 valence electrons. The van der Waals surface area contributed by atoms with Crippen LogP contribution >= 0.6 is 0 Å². The smallest absolute Gasteiger partial charge is 0.386 e. The predicted octanol–water partition coefficient (Wildman–Crippen LogP) is 3.12. The van der Waals surface area contributed by atoms with Gasteiger partial charge in [-0.25, -0.2) is 5.43 Å². The standard InChI is InChI=1S/C21H22F3N3O2/c1-25-27(20(29)21(22,23)24)17-10-14-12-26(11-13-6-3-2-4-7-13)16-9-5-8-15(18(14)16)19(17)28/h2-9,14,17,19,25,28H,10-12H2,1H3. The number of benzene rings is 2. The van der Waals surface area contributed by atoms with Crippen LogP contribution in [-0.2, 0) is 11.3 Å². The minimum absolute atomic E-state index is 0.0600. The molecule has 1 aliphatic heterocycles. The summed E-state index contributed by atoms with van der Waals surface area (Å²) in [5.41, 5.74) is 6.03. The first-order valence-electron chi connectivity index (χ1n) is 9.48. The number of amides is 1. The second-order valence-corrected chi connectivity index (χ2v) is 7.49. The van der Waals surface area contributed by atoms with E-state index in [4.69, 9.17) is 0 Å². The Kier molecular flexibility index (Phi) is 5.00. The maximum absolute atomic E-state index is 13.0. The third-order valence-corrected chi connectivity index (χ3v) is 5.77. The van der Waals surface area contributed by atoms with Crippen LogP contribution in [-0.4, -0.2) is 41.8 Å². The highest BCUT2D eigenvalue weighted by Crippen LogP contribution is 2.49. The fourth-order valence-electron chi connectivity index (χ4n) is 4.58. The van der Waals surface area contributed by atoms with Crippen LogP contribution in [0.2, 0.25) is 0 Å². The molecule has 0 spiro atoms. The van der Waals surface area contributed by atoms with Gasteiger partial charge >= 0.3 is 12.1 Å². The summed E-state index contributed by atoms with van der Waals surface area (Å²) in [6.07, 6.45) is -5.96. The lowest BCUT2D eigenvalue weighted by atomic mass is 9.79. The number of rotatable bonds is 4. The molecule has 0 bridgehead atoms. The molecule has 0 radical (unpaired) electrons. The molecule has 29 heavy (non-hydrogen) atoms. The first kappa shape index (κ1) is 19.7. The number of nitrogens with one attached hydrogen (secondary N) is 1. The summed E-state index contributed by atoms with van der Waals surface area (Å²) in [6, 6.07) is 14.4. The number of halogens is 3. The van der Waals surface area contributed by atoms with Gasteiger partial charge in [0.25, 0.3) is 0 Å². The minimum atomic E-state index is -5.01. The summed E-state index contributed by atoms with van der Waals surface area (Å²) < 4.78 is 39.1. The summed E-state index contributed by atoms with van der Waals surface area (Å²) in [4.78, 5) is 14.1. The minimum Gasteiger partial charge on any atom is -0.386 e. The molecule has 1 heterocycles. The third-order valence-electron chi connectivity index (χ3n) is 5.77. The van der Waals surface area contributed by atoms with Gasteiger partial charge in [0, 0.05) is 31.7 Å². The molecule has 0 saturated heterocycles. The van der Waals surface area contributed by atoms with E-state index in [9.17, 15) is 23.1 Å². The first-order valence-corrected chi connectivity index (χ1v) is 9.48. The van der Waals surface area contributed by atoms with Gasteiger partial charge in [0.05, 0.1) is 6.04 Å². The molecule has 1 aliphatic carbocycles. The average Bonchev–Trinajstić information content (AvgIpc) is 3.04. The lowest BCUT2D eigenvalue weighted by Gasteiger charge is -2.39. The molecule has 1 amide bonds. The van der Waals surface area contributed by atoms with Gasteiger partial charge in [0.15, 0.2) is 0 Å². The maximum Gasteiger partial charge on any atom is 0.472 e. The third kappa shape index (κ3) is 3.47. The summed E-state index contributed by atoms with van der Waals surface area (Å²) in [5.74, 6) is -2.06. The zero-order chi connectivity index (χ0) is 20.8. The van der Waals surface area contributed by atoms with Gasteiger partial charge < -0.3 is 10.0 Å². The topological polar surface area (TPSA) is 55.8 Å². The summed E-state index contributed by atoms with van der Waals surface area (Å²) in [6.45, 7) is 1.30.